The average Bonchev–Trinajstić information content (AvgIpc) is 3.04. The van der Waals surface area contributed by atoms with E-state index in [4.69, 9.17) is 0 Å². The minimum atomic E-state index is -0.0461. The van der Waals surface area contributed by atoms with Crippen LogP contribution in [0.5, 0.6) is 0 Å². The molecule has 1 aliphatic rings. The van der Waals surface area contributed by atoms with Crippen molar-refractivity contribution < 1.29 is 4.79 Å². The molecule has 2 N–H and O–H groups in total. The lowest BCUT2D eigenvalue weighted by molar-refractivity contribution is -0.115. The lowest BCUT2D eigenvalue weighted by Crippen LogP contribution is -2.16. The Balaban J connectivity index is 1.55. The molecule has 1 aromatic heterocycles. The molecule has 0 atom stereocenters. The highest BCUT2D eigenvalue weighted by Gasteiger charge is 2.14. The maximum Gasteiger partial charge on any atom is 0.228 e. The molecule has 1 aromatic carbocycles. The Kier molecular flexibility index (Phi) is 5.28. The summed E-state index contributed by atoms with van der Waals surface area (Å²) in [5.74, 6) is 0.830. The molecule has 4 nitrogen and oxygen atoms in total. The smallest absolute Gasteiger partial charge is 0.228 e. The van der Waals surface area contributed by atoms with E-state index in [1.165, 1.54) is 25.7 Å². The van der Waals surface area contributed by atoms with Gasteiger partial charge in [-0.15, -0.1) is 0 Å². The SMILES string of the molecule is O=C(Cc1ccccc1Br)Nc1ccc(NC2CCCC2)nc1. The molecule has 0 unspecified atom stereocenters. The van der Waals surface area contributed by atoms with Crippen LogP contribution in [0.1, 0.15) is 31.2 Å². The van der Waals surface area contributed by atoms with Crippen molar-refractivity contribution in [3.8, 4) is 0 Å². The second kappa shape index (κ2) is 7.59. The fourth-order valence-corrected chi connectivity index (χ4v) is 3.28. The van der Waals surface area contributed by atoms with Crippen LogP contribution in [0.4, 0.5) is 11.5 Å². The normalized spacial score (nSPS) is 14.7. The van der Waals surface area contributed by atoms with E-state index in [0.717, 1.165) is 21.5 Å². The lowest BCUT2D eigenvalue weighted by atomic mass is 10.1. The van der Waals surface area contributed by atoms with Crippen LogP contribution in [0.2, 0.25) is 0 Å². The van der Waals surface area contributed by atoms with Crippen molar-refractivity contribution in [3.63, 3.8) is 0 Å². The highest BCUT2D eigenvalue weighted by molar-refractivity contribution is 9.10. The zero-order valence-electron chi connectivity index (χ0n) is 12.9. The van der Waals surface area contributed by atoms with Crippen molar-refractivity contribution in [1.29, 1.82) is 0 Å². The number of hydrogen-bond donors (Lipinski definition) is 2. The molecular formula is C18H20BrN3O. The Hall–Kier alpha value is -1.88. The van der Waals surface area contributed by atoms with Gasteiger partial charge in [-0.1, -0.05) is 47.0 Å². The summed E-state index contributed by atoms with van der Waals surface area (Å²) >= 11 is 3.46. The molecule has 0 spiro atoms. The first-order valence-corrected chi connectivity index (χ1v) is 8.76. The van der Waals surface area contributed by atoms with Gasteiger partial charge in [-0.05, 0) is 36.6 Å². The Bertz CT molecular complexity index is 666. The summed E-state index contributed by atoms with van der Waals surface area (Å²) in [5.41, 5.74) is 1.69. The highest BCUT2D eigenvalue weighted by atomic mass is 79.9. The second-order valence-electron chi connectivity index (χ2n) is 5.87. The third-order valence-electron chi connectivity index (χ3n) is 4.06. The molecule has 0 aliphatic heterocycles. The van der Waals surface area contributed by atoms with Gasteiger partial charge in [0.15, 0.2) is 0 Å². The highest BCUT2D eigenvalue weighted by Crippen LogP contribution is 2.22. The zero-order chi connectivity index (χ0) is 16.1. The summed E-state index contributed by atoms with van der Waals surface area (Å²) in [7, 11) is 0. The molecule has 0 radical (unpaired) electrons. The largest absolute Gasteiger partial charge is 0.367 e. The molecular weight excluding hydrogens is 354 g/mol. The molecule has 2 aromatic rings. The van der Waals surface area contributed by atoms with E-state index >= 15 is 0 Å². The van der Waals surface area contributed by atoms with E-state index < -0.39 is 0 Å². The second-order valence-corrected chi connectivity index (χ2v) is 6.73. The van der Waals surface area contributed by atoms with Gasteiger partial charge in [-0.25, -0.2) is 4.98 Å². The third kappa shape index (κ3) is 4.55. The van der Waals surface area contributed by atoms with Crippen LogP contribution in [-0.2, 0) is 11.2 Å². The van der Waals surface area contributed by atoms with Crippen molar-refractivity contribution in [3.05, 3.63) is 52.6 Å². The fourth-order valence-electron chi connectivity index (χ4n) is 2.85. The minimum Gasteiger partial charge on any atom is -0.367 e. The number of halogens is 1. The molecule has 1 fully saturated rings. The Morgan fingerprint density at radius 1 is 1.17 bits per heavy atom. The van der Waals surface area contributed by atoms with E-state index in [2.05, 4.69) is 31.5 Å². The van der Waals surface area contributed by atoms with Crippen LogP contribution in [-0.4, -0.2) is 16.9 Å². The monoisotopic (exact) mass is 373 g/mol. The van der Waals surface area contributed by atoms with Gasteiger partial charge in [0, 0.05) is 10.5 Å². The Morgan fingerprint density at radius 3 is 2.65 bits per heavy atom. The van der Waals surface area contributed by atoms with Crippen molar-refractivity contribution in [2.45, 2.75) is 38.1 Å². The van der Waals surface area contributed by atoms with E-state index in [1.807, 2.05) is 36.4 Å². The molecule has 0 bridgehead atoms. The van der Waals surface area contributed by atoms with Crippen LogP contribution >= 0.6 is 15.9 Å². The molecule has 1 heterocycles. The van der Waals surface area contributed by atoms with Crippen molar-refractivity contribution >= 4 is 33.3 Å². The van der Waals surface area contributed by atoms with Crippen molar-refractivity contribution in [2.75, 3.05) is 10.6 Å². The first kappa shape index (κ1) is 16.0. The lowest BCUT2D eigenvalue weighted by Gasteiger charge is -2.13. The van der Waals surface area contributed by atoms with Crippen molar-refractivity contribution in [2.24, 2.45) is 0 Å². The zero-order valence-corrected chi connectivity index (χ0v) is 14.5. The van der Waals surface area contributed by atoms with Crippen molar-refractivity contribution in [1.82, 2.24) is 4.98 Å². The average molecular weight is 374 g/mol. The number of nitrogens with one attached hydrogen (secondary N) is 2. The number of aromatic nitrogens is 1. The summed E-state index contributed by atoms with van der Waals surface area (Å²) in [6.45, 7) is 0. The van der Waals surface area contributed by atoms with Gasteiger partial charge in [0.1, 0.15) is 5.82 Å². The van der Waals surface area contributed by atoms with Gasteiger partial charge in [-0.3, -0.25) is 4.79 Å². The molecule has 5 heteroatoms. The Morgan fingerprint density at radius 2 is 1.96 bits per heavy atom. The van der Waals surface area contributed by atoms with Gasteiger partial charge in [0.05, 0.1) is 18.3 Å². The topological polar surface area (TPSA) is 54.0 Å². The molecule has 120 valence electrons. The van der Waals surface area contributed by atoms with E-state index in [-0.39, 0.29) is 5.91 Å². The van der Waals surface area contributed by atoms with Gasteiger partial charge in [0.2, 0.25) is 5.91 Å². The predicted molar refractivity (Wildman–Crippen MR) is 96.6 cm³/mol. The summed E-state index contributed by atoms with van der Waals surface area (Å²) in [4.78, 5) is 16.5. The number of nitrogens with zero attached hydrogens (tertiary/aromatic N) is 1. The number of hydrogen-bond acceptors (Lipinski definition) is 3. The summed E-state index contributed by atoms with van der Waals surface area (Å²) < 4.78 is 0.949. The van der Waals surface area contributed by atoms with Crippen LogP contribution < -0.4 is 10.6 Å². The first-order valence-electron chi connectivity index (χ1n) is 7.96. The van der Waals surface area contributed by atoms with Crippen LogP contribution in [0.3, 0.4) is 0 Å². The number of pyridine rings is 1. The van der Waals surface area contributed by atoms with E-state index in [0.29, 0.717) is 12.5 Å². The van der Waals surface area contributed by atoms with Crippen LogP contribution in [0, 0.1) is 0 Å². The van der Waals surface area contributed by atoms with Gasteiger partial charge < -0.3 is 10.6 Å². The standard InChI is InChI=1S/C18H20BrN3O/c19-16-8-4-1-5-13(16)11-18(23)22-15-9-10-17(20-12-15)21-14-6-2-3-7-14/h1,4-5,8-10,12,14H,2-3,6-7,11H2,(H,20,21)(H,22,23). The van der Waals surface area contributed by atoms with E-state index in [1.54, 1.807) is 6.20 Å². The van der Waals surface area contributed by atoms with Gasteiger partial charge >= 0.3 is 0 Å². The molecule has 23 heavy (non-hydrogen) atoms. The summed E-state index contributed by atoms with van der Waals surface area (Å²) in [6, 6.07) is 12.1. The Labute approximate surface area is 144 Å². The quantitative estimate of drug-likeness (QED) is 0.817. The molecule has 1 saturated carbocycles. The molecule has 0 saturated heterocycles. The van der Waals surface area contributed by atoms with E-state index in [9.17, 15) is 4.79 Å². The number of amides is 1. The van der Waals surface area contributed by atoms with Crippen LogP contribution in [0.25, 0.3) is 0 Å². The maximum absolute atomic E-state index is 12.1. The predicted octanol–water partition coefficient (Wildman–Crippen LogP) is 4.38. The first-order chi connectivity index (χ1) is 11.2. The van der Waals surface area contributed by atoms with Gasteiger partial charge in [0.25, 0.3) is 0 Å². The maximum atomic E-state index is 12.1. The number of rotatable bonds is 5. The number of carbonyl (C=O) groups is 1. The molecule has 1 aliphatic carbocycles. The van der Waals surface area contributed by atoms with Crippen LogP contribution in [0.15, 0.2) is 47.1 Å². The number of anilines is 2. The van der Waals surface area contributed by atoms with Gasteiger partial charge in [-0.2, -0.15) is 0 Å². The minimum absolute atomic E-state index is 0.0461. The number of carbonyl (C=O) groups excluding carboxylic acids is 1. The number of benzene rings is 1. The summed E-state index contributed by atoms with van der Waals surface area (Å²) in [6.07, 6.45) is 7.05. The molecule has 3 rings (SSSR count). The summed E-state index contributed by atoms with van der Waals surface area (Å²) in [5, 5.41) is 6.33. The third-order valence-corrected chi connectivity index (χ3v) is 4.84. The fraction of sp³-hybridized carbons (Fsp3) is 0.333. The molecule has 1 amide bonds.